The number of benzene rings is 1. The van der Waals surface area contributed by atoms with Crippen molar-refractivity contribution in [2.24, 2.45) is 0 Å². The molecule has 6 nitrogen and oxygen atoms in total. The van der Waals surface area contributed by atoms with Gasteiger partial charge in [-0.25, -0.2) is 13.2 Å². The van der Waals surface area contributed by atoms with Gasteiger partial charge in [0.1, 0.15) is 0 Å². The van der Waals surface area contributed by atoms with Crippen LogP contribution in [-0.4, -0.2) is 41.0 Å². The van der Waals surface area contributed by atoms with Gasteiger partial charge in [-0.2, -0.15) is 0 Å². The lowest BCUT2D eigenvalue weighted by molar-refractivity contribution is 0.192. The van der Waals surface area contributed by atoms with Crippen LogP contribution in [0.5, 0.6) is 0 Å². The summed E-state index contributed by atoms with van der Waals surface area (Å²) >= 11 is 0. The van der Waals surface area contributed by atoms with E-state index >= 15 is 0 Å². The zero-order valence-electron chi connectivity index (χ0n) is 12.4. The molecule has 1 rings (SSSR count). The number of carbonyl (C=O) groups excluding carboxylic acids is 1. The van der Waals surface area contributed by atoms with E-state index < -0.39 is 9.84 Å². The maximum absolute atomic E-state index is 11.7. The summed E-state index contributed by atoms with van der Waals surface area (Å²) < 4.78 is 27.4. The lowest BCUT2D eigenvalue weighted by Crippen LogP contribution is -2.29. The highest BCUT2D eigenvalue weighted by Gasteiger charge is 2.06. The largest absolute Gasteiger partial charge is 0.385 e. The van der Waals surface area contributed by atoms with Gasteiger partial charge in [0, 0.05) is 32.2 Å². The molecule has 2 amide bonds. The van der Waals surface area contributed by atoms with Crippen molar-refractivity contribution < 1.29 is 17.9 Å². The molecule has 0 radical (unpaired) electrons. The molecule has 0 aliphatic rings. The Labute approximate surface area is 125 Å². The molecule has 0 aliphatic carbocycles. The number of rotatable bonds is 8. The van der Waals surface area contributed by atoms with E-state index in [4.69, 9.17) is 4.74 Å². The molecule has 0 atom stereocenters. The Morgan fingerprint density at radius 3 is 2.71 bits per heavy atom. The number of anilines is 1. The Bertz CT molecular complexity index is 558. The third kappa shape index (κ3) is 8.31. The van der Waals surface area contributed by atoms with Crippen LogP contribution in [0.3, 0.4) is 0 Å². The number of hydrogen-bond acceptors (Lipinski definition) is 4. The molecule has 0 fully saturated rings. The predicted molar refractivity (Wildman–Crippen MR) is 83.1 cm³/mol. The van der Waals surface area contributed by atoms with Crippen molar-refractivity contribution in [3.63, 3.8) is 0 Å². The van der Waals surface area contributed by atoms with E-state index in [1.54, 1.807) is 31.4 Å². The lowest BCUT2D eigenvalue weighted by Gasteiger charge is -2.08. The van der Waals surface area contributed by atoms with Gasteiger partial charge in [0.05, 0.1) is 5.75 Å². The molecular weight excluding hydrogens is 292 g/mol. The summed E-state index contributed by atoms with van der Waals surface area (Å²) in [6.45, 7) is 1.25. The Morgan fingerprint density at radius 1 is 1.29 bits per heavy atom. The second kappa shape index (κ2) is 8.63. The molecule has 0 unspecified atom stereocenters. The normalized spacial score (nSPS) is 11.1. The SMILES string of the molecule is COCCCCNC(=O)Nc1cccc(CS(C)(=O)=O)c1. The Balaban J connectivity index is 2.43. The van der Waals surface area contributed by atoms with Crippen LogP contribution >= 0.6 is 0 Å². The van der Waals surface area contributed by atoms with Gasteiger partial charge in [-0.1, -0.05) is 12.1 Å². The van der Waals surface area contributed by atoms with Crippen molar-refractivity contribution in [2.75, 3.05) is 31.8 Å². The highest BCUT2D eigenvalue weighted by Crippen LogP contribution is 2.12. The number of ether oxygens (including phenoxy) is 1. The zero-order valence-corrected chi connectivity index (χ0v) is 13.2. The first-order chi connectivity index (χ1) is 9.90. The first-order valence-corrected chi connectivity index (χ1v) is 8.77. The van der Waals surface area contributed by atoms with Crippen LogP contribution in [0.1, 0.15) is 18.4 Å². The number of methoxy groups -OCH3 is 1. The molecule has 0 heterocycles. The molecule has 0 spiro atoms. The second-order valence-corrected chi connectivity index (χ2v) is 6.99. The van der Waals surface area contributed by atoms with Gasteiger partial charge in [0.2, 0.25) is 0 Å². The molecule has 0 aliphatic heterocycles. The molecule has 118 valence electrons. The van der Waals surface area contributed by atoms with Gasteiger partial charge < -0.3 is 15.4 Å². The highest BCUT2D eigenvalue weighted by atomic mass is 32.2. The van der Waals surface area contributed by atoms with Gasteiger partial charge >= 0.3 is 6.03 Å². The Hall–Kier alpha value is -1.60. The van der Waals surface area contributed by atoms with E-state index in [1.807, 2.05) is 0 Å². The number of amides is 2. The van der Waals surface area contributed by atoms with Crippen LogP contribution in [0.4, 0.5) is 10.5 Å². The van der Waals surface area contributed by atoms with Gasteiger partial charge in [0.25, 0.3) is 0 Å². The maximum Gasteiger partial charge on any atom is 0.319 e. The zero-order chi connectivity index (χ0) is 15.7. The lowest BCUT2D eigenvalue weighted by atomic mass is 10.2. The van der Waals surface area contributed by atoms with Crippen molar-refractivity contribution >= 4 is 21.6 Å². The summed E-state index contributed by atoms with van der Waals surface area (Å²) in [5.74, 6) is -0.0405. The summed E-state index contributed by atoms with van der Waals surface area (Å²) in [6, 6.07) is 6.51. The van der Waals surface area contributed by atoms with Crippen LogP contribution in [0.25, 0.3) is 0 Å². The van der Waals surface area contributed by atoms with Crippen LogP contribution in [-0.2, 0) is 20.3 Å². The second-order valence-electron chi connectivity index (χ2n) is 4.85. The number of carbonyl (C=O) groups is 1. The van der Waals surface area contributed by atoms with Crippen molar-refractivity contribution in [3.8, 4) is 0 Å². The number of nitrogens with one attached hydrogen (secondary N) is 2. The van der Waals surface area contributed by atoms with Crippen molar-refractivity contribution in [3.05, 3.63) is 29.8 Å². The van der Waals surface area contributed by atoms with E-state index in [9.17, 15) is 13.2 Å². The molecule has 0 saturated heterocycles. The maximum atomic E-state index is 11.7. The fourth-order valence-electron chi connectivity index (χ4n) is 1.79. The first-order valence-electron chi connectivity index (χ1n) is 6.71. The molecule has 1 aromatic carbocycles. The van der Waals surface area contributed by atoms with Gasteiger partial charge in [0.15, 0.2) is 9.84 Å². The summed E-state index contributed by atoms with van der Waals surface area (Å²) in [7, 11) is -1.44. The number of urea groups is 1. The minimum atomic E-state index is -3.09. The summed E-state index contributed by atoms with van der Waals surface area (Å²) in [6.07, 6.45) is 2.91. The average Bonchev–Trinajstić information content (AvgIpc) is 2.37. The average molecular weight is 314 g/mol. The fourth-order valence-corrected chi connectivity index (χ4v) is 2.58. The molecular formula is C14H22N2O4S. The summed E-state index contributed by atoms with van der Waals surface area (Å²) in [5.41, 5.74) is 1.22. The van der Waals surface area contributed by atoms with Crippen LogP contribution in [0, 0.1) is 0 Å². The van der Waals surface area contributed by atoms with Crippen molar-refractivity contribution in [2.45, 2.75) is 18.6 Å². The van der Waals surface area contributed by atoms with E-state index in [1.165, 1.54) is 6.26 Å². The van der Waals surface area contributed by atoms with Gasteiger partial charge in [-0.3, -0.25) is 0 Å². The topological polar surface area (TPSA) is 84.5 Å². The Kier molecular flexibility index (Phi) is 7.18. The quantitative estimate of drug-likeness (QED) is 0.716. The van der Waals surface area contributed by atoms with Gasteiger partial charge in [-0.15, -0.1) is 0 Å². The molecule has 2 N–H and O–H groups in total. The highest BCUT2D eigenvalue weighted by molar-refractivity contribution is 7.89. The smallest absolute Gasteiger partial charge is 0.319 e. The standard InChI is InChI=1S/C14H22N2O4S/c1-20-9-4-3-8-15-14(17)16-13-7-5-6-12(10-13)11-21(2,18)19/h5-7,10H,3-4,8-9,11H2,1-2H3,(H2,15,16,17). The Morgan fingerprint density at radius 2 is 2.05 bits per heavy atom. The van der Waals surface area contributed by atoms with Crippen LogP contribution in [0.15, 0.2) is 24.3 Å². The first kappa shape index (κ1) is 17.5. The van der Waals surface area contributed by atoms with Gasteiger partial charge in [-0.05, 0) is 30.5 Å². The molecule has 0 bridgehead atoms. The van der Waals surface area contributed by atoms with E-state index in [2.05, 4.69) is 10.6 Å². The molecule has 7 heteroatoms. The number of hydrogen-bond donors (Lipinski definition) is 2. The minimum Gasteiger partial charge on any atom is -0.385 e. The molecule has 0 aromatic heterocycles. The molecule has 1 aromatic rings. The van der Waals surface area contributed by atoms with E-state index in [-0.39, 0.29) is 11.8 Å². The van der Waals surface area contributed by atoms with Crippen molar-refractivity contribution in [1.82, 2.24) is 5.32 Å². The van der Waals surface area contributed by atoms with Crippen LogP contribution < -0.4 is 10.6 Å². The fraction of sp³-hybridized carbons (Fsp3) is 0.500. The molecule has 0 saturated carbocycles. The van der Waals surface area contributed by atoms with Crippen LogP contribution in [0.2, 0.25) is 0 Å². The minimum absolute atomic E-state index is 0.0405. The number of unbranched alkanes of at least 4 members (excludes halogenated alkanes) is 1. The van der Waals surface area contributed by atoms with E-state index in [0.717, 1.165) is 12.8 Å². The van der Waals surface area contributed by atoms with E-state index in [0.29, 0.717) is 24.4 Å². The third-order valence-corrected chi connectivity index (χ3v) is 3.53. The van der Waals surface area contributed by atoms with Crippen molar-refractivity contribution in [1.29, 1.82) is 0 Å². The summed E-state index contributed by atoms with van der Waals surface area (Å²) in [4.78, 5) is 11.7. The predicted octanol–water partition coefficient (Wildman–Crippen LogP) is 1.78. The monoisotopic (exact) mass is 314 g/mol. The third-order valence-electron chi connectivity index (χ3n) is 2.67. The summed E-state index contributed by atoms with van der Waals surface area (Å²) in [5, 5.41) is 5.42. The molecule has 21 heavy (non-hydrogen) atoms. The number of sulfone groups is 1.